The third-order valence-electron chi connectivity index (χ3n) is 6.19. The molecule has 3 rings (SSSR count). The van der Waals surface area contributed by atoms with Crippen molar-refractivity contribution in [2.24, 2.45) is 0 Å². The number of likely N-dealkylation sites (tertiary alicyclic amines) is 1. The lowest BCUT2D eigenvalue weighted by molar-refractivity contribution is -0.384. The molecule has 0 bridgehead atoms. The van der Waals surface area contributed by atoms with E-state index in [9.17, 15) is 10.1 Å². The number of nitro benzene ring substituents is 1. The fourth-order valence-corrected chi connectivity index (χ4v) is 4.66. The second-order valence-electron chi connectivity index (χ2n) is 7.98. The van der Waals surface area contributed by atoms with Gasteiger partial charge in [-0.3, -0.25) is 15.0 Å². The number of nitrogens with one attached hydrogen (secondary N) is 1. The van der Waals surface area contributed by atoms with E-state index < -0.39 is 0 Å². The third-order valence-corrected chi connectivity index (χ3v) is 6.42. The van der Waals surface area contributed by atoms with Crippen LogP contribution in [0.15, 0.2) is 18.2 Å². The van der Waals surface area contributed by atoms with Crippen LogP contribution in [0.25, 0.3) is 0 Å². The quantitative estimate of drug-likeness (QED) is 0.550. The van der Waals surface area contributed by atoms with E-state index in [2.05, 4.69) is 24.1 Å². The number of halogens is 1. The van der Waals surface area contributed by atoms with E-state index in [0.29, 0.717) is 16.8 Å². The molecule has 0 aromatic heterocycles. The van der Waals surface area contributed by atoms with Gasteiger partial charge in [0.15, 0.2) is 0 Å². The Morgan fingerprint density at radius 3 is 2.56 bits per heavy atom. The van der Waals surface area contributed by atoms with Gasteiger partial charge in [0.05, 0.1) is 11.0 Å². The second kappa shape index (κ2) is 8.76. The van der Waals surface area contributed by atoms with Gasteiger partial charge in [0, 0.05) is 42.4 Å². The summed E-state index contributed by atoms with van der Waals surface area (Å²) in [6, 6.07) is 5.08. The van der Waals surface area contributed by atoms with Gasteiger partial charge in [0.2, 0.25) is 0 Å². The van der Waals surface area contributed by atoms with Crippen molar-refractivity contribution >= 4 is 23.0 Å². The molecule has 27 heavy (non-hydrogen) atoms. The van der Waals surface area contributed by atoms with E-state index in [-0.39, 0.29) is 22.2 Å². The summed E-state index contributed by atoms with van der Waals surface area (Å²) in [4.78, 5) is 13.5. The van der Waals surface area contributed by atoms with E-state index in [1.165, 1.54) is 18.9 Å². The summed E-state index contributed by atoms with van der Waals surface area (Å²) in [5, 5.41) is 15.0. The van der Waals surface area contributed by atoms with Crippen LogP contribution in [0, 0.1) is 10.1 Å². The van der Waals surface area contributed by atoms with Crippen LogP contribution >= 0.6 is 11.6 Å². The Labute approximate surface area is 166 Å². The monoisotopic (exact) mass is 395 g/mol. The first-order valence-electron chi connectivity index (χ1n) is 9.98. The van der Waals surface area contributed by atoms with Gasteiger partial charge < -0.3 is 10.1 Å². The summed E-state index contributed by atoms with van der Waals surface area (Å²) >= 11 is 5.91. The SMILES string of the molecule is CCOC1CCC(C)(N2CCC(Nc3ccc(Cl)cc3[N+](=O)[O-])CC2)CC1. The molecule has 1 aromatic rings. The number of nitro groups is 1. The number of anilines is 1. The molecule has 0 radical (unpaired) electrons. The predicted octanol–water partition coefficient (Wildman–Crippen LogP) is 4.86. The molecule has 0 amide bonds. The maximum absolute atomic E-state index is 11.3. The number of benzene rings is 1. The Morgan fingerprint density at radius 2 is 1.96 bits per heavy atom. The standard InChI is InChI=1S/C20H30ClN3O3/c1-3-27-17-6-10-20(2,11-7-17)23-12-8-16(9-13-23)22-18-5-4-15(21)14-19(18)24(25)26/h4-5,14,16-17,22H,3,6-13H2,1-2H3. The average molecular weight is 396 g/mol. The highest BCUT2D eigenvalue weighted by atomic mass is 35.5. The smallest absolute Gasteiger partial charge is 0.293 e. The Hall–Kier alpha value is -1.37. The Balaban J connectivity index is 1.55. The number of hydrogen-bond acceptors (Lipinski definition) is 5. The molecule has 0 spiro atoms. The summed E-state index contributed by atoms with van der Waals surface area (Å²) in [6.07, 6.45) is 7.04. The molecule has 1 aliphatic carbocycles. The maximum atomic E-state index is 11.3. The van der Waals surface area contributed by atoms with Crippen LogP contribution < -0.4 is 5.32 Å². The number of rotatable bonds is 6. The molecule has 6 nitrogen and oxygen atoms in total. The highest BCUT2D eigenvalue weighted by molar-refractivity contribution is 6.30. The molecule has 0 unspecified atom stereocenters. The van der Waals surface area contributed by atoms with Crippen LogP contribution in [0.3, 0.4) is 0 Å². The zero-order valence-corrected chi connectivity index (χ0v) is 17.0. The minimum absolute atomic E-state index is 0.0473. The summed E-state index contributed by atoms with van der Waals surface area (Å²) in [6.45, 7) is 7.29. The van der Waals surface area contributed by atoms with Gasteiger partial charge in [0.1, 0.15) is 5.69 Å². The van der Waals surface area contributed by atoms with Crippen molar-refractivity contribution in [2.75, 3.05) is 25.0 Å². The molecular formula is C20H30ClN3O3. The lowest BCUT2D eigenvalue weighted by Gasteiger charge is -2.48. The normalized spacial score (nSPS) is 27.4. The first kappa shape index (κ1) is 20.4. The minimum Gasteiger partial charge on any atom is -0.379 e. The molecule has 1 saturated carbocycles. The second-order valence-corrected chi connectivity index (χ2v) is 8.41. The highest BCUT2D eigenvalue weighted by Crippen LogP contribution is 2.37. The lowest BCUT2D eigenvalue weighted by atomic mass is 9.79. The predicted molar refractivity (Wildman–Crippen MR) is 109 cm³/mol. The van der Waals surface area contributed by atoms with Crippen molar-refractivity contribution in [3.63, 3.8) is 0 Å². The fraction of sp³-hybridized carbons (Fsp3) is 0.700. The van der Waals surface area contributed by atoms with Crippen molar-refractivity contribution in [3.8, 4) is 0 Å². The molecule has 1 aliphatic heterocycles. The number of piperidine rings is 1. The van der Waals surface area contributed by atoms with Gasteiger partial charge in [-0.1, -0.05) is 11.6 Å². The Morgan fingerprint density at radius 1 is 1.30 bits per heavy atom. The van der Waals surface area contributed by atoms with Crippen LogP contribution in [0.4, 0.5) is 11.4 Å². The van der Waals surface area contributed by atoms with Gasteiger partial charge in [-0.2, -0.15) is 0 Å². The van der Waals surface area contributed by atoms with Crippen LogP contribution in [0.2, 0.25) is 5.02 Å². The summed E-state index contributed by atoms with van der Waals surface area (Å²) in [7, 11) is 0. The fourth-order valence-electron chi connectivity index (χ4n) is 4.49. The molecular weight excluding hydrogens is 366 g/mol. The number of nitrogens with zero attached hydrogens (tertiary/aromatic N) is 2. The van der Waals surface area contributed by atoms with Crippen LogP contribution in [-0.4, -0.2) is 47.2 Å². The largest absolute Gasteiger partial charge is 0.379 e. The Kier molecular flexibility index (Phi) is 6.61. The zero-order chi connectivity index (χ0) is 19.4. The highest BCUT2D eigenvalue weighted by Gasteiger charge is 2.38. The van der Waals surface area contributed by atoms with Crippen LogP contribution in [0.5, 0.6) is 0 Å². The average Bonchev–Trinajstić information content (AvgIpc) is 2.66. The third kappa shape index (κ3) is 4.92. The molecule has 1 N–H and O–H groups in total. The van der Waals surface area contributed by atoms with Crippen LogP contribution in [0.1, 0.15) is 52.4 Å². The van der Waals surface area contributed by atoms with E-state index >= 15 is 0 Å². The first-order valence-corrected chi connectivity index (χ1v) is 10.4. The van der Waals surface area contributed by atoms with Crippen molar-refractivity contribution in [2.45, 2.75) is 70.1 Å². The van der Waals surface area contributed by atoms with E-state index in [0.717, 1.165) is 45.4 Å². The molecule has 1 saturated heterocycles. The molecule has 1 aromatic carbocycles. The summed E-state index contributed by atoms with van der Waals surface area (Å²) in [5.74, 6) is 0. The Bertz CT molecular complexity index is 654. The van der Waals surface area contributed by atoms with Crippen molar-refractivity contribution in [3.05, 3.63) is 33.3 Å². The van der Waals surface area contributed by atoms with Gasteiger partial charge >= 0.3 is 0 Å². The van der Waals surface area contributed by atoms with Gasteiger partial charge in [-0.25, -0.2) is 0 Å². The van der Waals surface area contributed by atoms with Crippen molar-refractivity contribution in [1.29, 1.82) is 0 Å². The minimum atomic E-state index is -0.374. The van der Waals surface area contributed by atoms with Gasteiger partial charge in [-0.05, 0) is 64.5 Å². The molecule has 0 atom stereocenters. The van der Waals surface area contributed by atoms with E-state index in [1.54, 1.807) is 12.1 Å². The zero-order valence-electron chi connectivity index (χ0n) is 16.2. The summed E-state index contributed by atoms with van der Waals surface area (Å²) < 4.78 is 5.79. The molecule has 2 aliphatic rings. The van der Waals surface area contributed by atoms with E-state index in [4.69, 9.17) is 16.3 Å². The summed E-state index contributed by atoms with van der Waals surface area (Å²) in [5.41, 5.74) is 0.864. The van der Waals surface area contributed by atoms with E-state index in [1.807, 2.05) is 0 Å². The number of ether oxygens (including phenoxy) is 1. The molecule has 1 heterocycles. The van der Waals surface area contributed by atoms with Crippen molar-refractivity contribution < 1.29 is 9.66 Å². The topological polar surface area (TPSA) is 67.6 Å². The lowest BCUT2D eigenvalue weighted by Crippen LogP contribution is -2.53. The molecule has 7 heteroatoms. The first-order chi connectivity index (χ1) is 12.9. The van der Waals surface area contributed by atoms with Crippen molar-refractivity contribution in [1.82, 2.24) is 4.90 Å². The van der Waals surface area contributed by atoms with Crippen LogP contribution in [-0.2, 0) is 4.74 Å². The molecule has 2 fully saturated rings. The maximum Gasteiger partial charge on any atom is 0.293 e. The number of hydrogen-bond donors (Lipinski definition) is 1. The van der Waals surface area contributed by atoms with Gasteiger partial charge in [0.25, 0.3) is 5.69 Å². The molecule has 150 valence electrons. The van der Waals surface area contributed by atoms with Gasteiger partial charge in [-0.15, -0.1) is 0 Å².